The van der Waals surface area contributed by atoms with Crippen LogP contribution in [0.2, 0.25) is 5.02 Å². The number of amides is 4. The normalized spacial score (nSPS) is 13.0. The number of nitrogens with one attached hydrogen (secondary N) is 1. The highest BCUT2D eigenvalue weighted by Gasteiger charge is 2.34. The van der Waals surface area contributed by atoms with Gasteiger partial charge in [-0.2, -0.15) is 5.10 Å². The predicted molar refractivity (Wildman–Crippen MR) is 125 cm³/mol. The van der Waals surface area contributed by atoms with Crippen LogP contribution in [0.1, 0.15) is 39.3 Å². The Hall–Kier alpha value is -3.99. The van der Waals surface area contributed by atoms with Gasteiger partial charge in [0.25, 0.3) is 5.91 Å². The molecule has 1 aromatic heterocycles. The topological polar surface area (TPSA) is 153 Å². The molecule has 1 saturated carbocycles. The number of carbonyl (C=O) groups is 4. The van der Waals surface area contributed by atoms with Crippen LogP contribution in [0, 0.1) is 5.82 Å². The van der Waals surface area contributed by atoms with Crippen molar-refractivity contribution in [2.45, 2.75) is 32.0 Å². The third-order valence-corrected chi connectivity index (χ3v) is 5.98. The Bertz CT molecular complexity index is 1350. The Morgan fingerprint density at radius 3 is 2.54 bits per heavy atom. The second-order valence-corrected chi connectivity index (χ2v) is 8.62. The standard InChI is InChI=1S/C23H22ClFN6O4/c24-16-3-1-2-13(20(16)25)9-28-18(32)10-30(14-5-6-14)19(33)11-31-17-8-12(22(26)34)4-7-15(17)21(29-31)23(27)35/h1-4,7-8,14H,5-6,9-11H2,(H2,26,34)(H2,27,35)(H,28,32). The molecule has 5 N–H and O–H groups in total. The molecule has 0 saturated heterocycles. The van der Waals surface area contributed by atoms with Crippen molar-refractivity contribution >= 4 is 46.1 Å². The van der Waals surface area contributed by atoms with Crippen molar-refractivity contribution in [3.63, 3.8) is 0 Å². The van der Waals surface area contributed by atoms with Gasteiger partial charge in [0.05, 0.1) is 17.1 Å². The van der Waals surface area contributed by atoms with Gasteiger partial charge < -0.3 is 21.7 Å². The molecule has 182 valence electrons. The third kappa shape index (κ3) is 5.24. The van der Waals surface area contributed by atoms with Crippen LogP contribution < -0.4 is 16.8 Å². The first-order chi connectivity index (χ1) is 16.7. The average molecular weight is 501 g/mol. The number of primary amides is 2. The number of hydrogen-bond acceptors (Lipinski definition) is 5. The van der Waals surface area contributed by atoms with Gasteiger partial charge in [-0.25, -0.2) is 4.39 Å². The number of nitrogens with zero attached hydrogens (tertiary/aromatic N) is 3. The highest BCUT2D eigenvalue weighted by Crippen LogP contribution is 2.28. The van der Waals surface area contributed by atoms with E-state index in [0.717, 1.165) is 12.8 Å². The molecule has 0 atom stereocenters. The Morgan fingerprint density at radius 1 is 1.14 bits per heavy atom. The zero-order chi connectivity index (χ0) is 25.3. The molecule has 0 bridgehead atoms. The molecule has 0 unspecified atom stereocenters. The third-order valence-electron chi connectivity index (χ3n) is 5.68. The van der Waals surface area contributed by atoms with E-state index in [-0.39, 0.29) is 47.5 Å². The van der Waals surface area contributed by atoms with Crippen molar-refractivity contribution < 1.29 is 23.6 Å². The molecular weight excluding hydrogens is 479 g/mol. The summed E-state index contributed by atoms with van der Waals surface area (Å²) >= 11 is 5.77. The van der Waals surface area contributed by atoms with Gasteiger partial charge in [-0.15, -0.1) is 0 Å². The molecule has 0 radical (unpaired) electrons. The Morgan fingerprint density at radius 2 is 1.89 bits per heavy atom. The van der Waals surface area contributed by atoms with Gasteiger partial charge in [-0.05, 0) is 37.1 Å². The number of fused-ring (bicyclic) bond motifs is 1. The number of benzene rings is 2. The van der Waals surface area contributed by atoms with Gasteiger partial charge in [0.2, 0.25) is 17.7 Å². The van der Waals surface area contributed by atoms with Crippen LogP contribution in [-0.2, 0) is 22.7 Å². The molecule has 12 heteroatoms. The highest BCUT2D eigenvalue weighted by molar-refractivity contribution is 6.30. The lowest BCUT2D eigenvalue weighted by Gasteiger charge is -2.22. The maximum atomic E-state index is 14.1. The fourth-order valence-electron chi connectivity index (χ4n) is 3.75. The summed E-state index contributed by atoms with van der Waals surface area (Å²) in [5, 5.41) is 7.07. The van der Waals surface area contributed by atoms with Crippen molar-refractivity contribution in [3.8, 4) is 0 Å². The van der Waals surface area contributed by atoms with E-state index >= 15 is 0 Å². The van der Waals surface area contributed by atoms with Crippen LogP contribution in [0.25, 0.3) is 10.9 Å². The number of hydrogen-bond donors (Lipinski definition) is 3. The lowest BCUT2D eigenvalue weighted by Crippen LogP contribution is -2.43. The van der Waals surface area contributed by atoms with Crippen LogP contribution in [-0.4, -0.2) is 50.9 Å². The lowest BCUT2D eigenvalue weighted by atomic mass is 10.1. The van der Waals surface area contributed by atoms with Crippen LogP contribution in [0.5, 0.6) is 0 Å². The van der Waals surface area contributed by atoms with E-state index in [0.29, 0.717) is 10.9 Å². The van der Waals surface area contributed by atoms with E-state index in [4.69, 9.17) is 23.1 Å². The minimum absolute atomic E-state index is 0.0483. The van der Waals surface area contributed by atoms with Crippen LogP contribution >= 0.6 is 11.6 Å². The fourth-order valence-corrected chi connectivity index (χ4v) is 3.94. The van der Waals surface area contributed by atoms with E-state index in [2.05, 4.69) is 10.4 Å². The van der Waals surface area contributed by atoms with Crippen LogP contribution in [0.3, 0.4) is 0 Å². The monoisotopic (exact) mass is 500 g/mol. The van der Waals surface area contributed by atoms with Crippen LogP contribution in [0.15, 0.2) is 36.4 Å². The summed E-state index contributed by atoms with van der Waals surface area (Å²) in [6.07, 6.45) is 1.47. The fraction of sp³-hybridized carbons (Fsp3) is 0.261. The molecule has 10 nitrogen and oxygen atoms in total. The predicted octanol–water partition coefficient (Wildman–Crippen LogP) is 1.33. The van der Waals surface area contributed by atoms with Gasteiger partial charge in [0.15, 0.2) is 5.69 Å². The number of carbonyl (C=O) groups excluding carboxylic acids is 4. The molecule has 1 aliphatic carbocycles. The number of aromatic nitrogens is 2. The van der Waals surface area contributed by atoms with Crippen molar-refractivity contribution in [1.29, 1.82) is 0 Å². The van der Waals surface area contributed by atoms with Gasteiger partial charge in [0, 0.05) is 29.1 Å². The molecule has 0 aliphatic heterocycles. The zero-order valence-electron chi connectivity index (χ0n) is 18.5. The quantitative estimate of drug-likeness (QED) is 0.404. The maximum absolute atomic E-state index is 14.1. The minimum Gasteiger partial charge on any atom is -0.366 e. The first-order valence-corrected chi connectivity index (χ1v) is 11.1. The number of nitrogens with two attached hydrogens (primary N) is 2. The summed E-state index contributed by atoms with van der Waals surface area (Å²) in [5.41, 5.74) is 11.4. The summed E-state index contributed by atoms with van der Waals surface area (Å²) in [6.45, 7) is -0.613. The van der Waals surface area contributed by atoms with Crippen LogP contribution in [0.4, 0.5) is 4.39 Å². The molecule has 0 spiro atoms. The first-order valence-electron chi connectivity index (χ1n) is 10.7. The minimum atomic E-state index is -0.792. The average Bonchev–Trinajstić information content (AvgIpc) is 3.59. The van der Waals surface area contributed by atoms with Crippen molar-refractivity contribution in [2.75, 3.05) is 6.54 Å². The van der Waals surface area contributed by atoms with E-state index in [1.165, 1.54) is 39.9 Å². The second-order valence-electron chi connectivity index (χ2n) is 8.21. The summed E-state index contributed by atoms with van der Waals surface area (Å²) in [5.74, 6) is -2.97. The summed E-state index contributed by atoms with van der Waals surface area (Å²) < 4.78 is 15.3. The molecule has 1 aliphatic rings. The Labute approximate surface area is 204 Å². The van der Waals surface area contributed by atoms with E-state index in [1.807, 2.05) is 0 Å². The van der Waals surface area contributed by atoms with E-state index in [9.17, 15) is 23.6 Å². The first kappa shape index (κ1) is 24.1. The molecule has 4 amide bonds. The SMILES string of the molecule is NC(=O)c1ccc2c(C(N)=O)nn(CC(=O)N(CC(=O)NCc3cccc(Cl)c3F)C3CC3)c2c1. The molecular formula is C23H22ClFN6O4. The summed E-state index contributed by atoms with van der Waals surface area (Å²) in [6, 6.07) is 8.73. The molecule has 3 aromatic rings. The number of halogens is 2. The molecule has 35 heavy (non-hydrogen) atoms. The lowest BCUT2D eigenvalue weighted by molar-refractivity contribution is -0.137. The molecule has 1 fully saturated rings. The van der Waals surface area contributed by atoms with Gasteiger partial charge in [-0.1, -0.05) is 23.7 Å². The van der Waals surface area contributed by atoms with Crippen molar-refractivity contribution in [3.05, 3.63) is 64.1 Å². The smallest absolute Gasteiger partial charge is 0.269 e. The zero-order valence-corrected chi connectivity index (χ0v) is 19.2. The van der Waals surface area contributed by atoms with Crippen molar-refractivity contribution in [1.82, 2.24) is 20.0 Å². The van der Waals surface area contributed by atoms with Gasteiger partial charge in [-0.3, -0.25) is 23.9 Å². The van der Waals surface area contributed by atoms with E-state index in [1.54, 1.807) is 6.07 Å². The van der Waals surface area contributed by atoms with Gasteiger partial charge in [0.1, 0.15) is 12.4 Å². The Kier molecular flexibility index (Phi) is 6.70. The second kappa shape index (κ2) is 9.71. The molecule has 2 aromatic carbocycles. The number of rotatable bonds is 9. The molecule has 4 rings (SSSR count). The van der Waals surface area contributed by atoms with E-state index < -0.39 is 29.4 Å². The summed E-state index contributed by atoms with van der Waals surface area (Å²) in [4.78, 5) is 50.5. The molecule has 1 heterocycles. The highest BCUT2D eigenvalue weighted by atomic mass is 35.5. The Balaban J connectivity index is 1.50. The summed E-state index contributed by atoms with van der Waals surface area (Å²) in [7, 11) is 0. The maximum Gasteiger partial charge on any atom is 0.269 e. The largest absolute Gasteiger partial charge is 0.366 e. The van der Waals surface area contributed by atoms with Gasteiger partial charge >= 0.3 is 0 Å². The van der Waals surface area contributed by atoms with Crippen molar-refractivity contribution in [2.24, 2.45) is 11.5 Å².